The summed E-state index contributed by atoms with van der Waals surface area (Å²) in [5, 5.41) is 3.47. The minimum absolute atomic E-state index is 0.804. The van der Waals surface area contributed by atoms with E-state index in [1.54, 1.807) is 0 Å². The molecule has 0 amide bonds. The van der Waals surface area contributed by atoms with E-state index < -0.39 is 0 Å². The summed E-state index contributed by atoms with van der Waals surface area (Å²) in [5.41, 5.74) is 2.88. The molecule has 1 aliphatic rings. The molecule has 0 spiro atoms. The van der Waals surface area contributed by atoms with Gasteiger partial charge in [-0.25, -0.2) is 0 Å². The second kappa shape index (κ2) is 6.58. The number of hydrogen-bond donors (Lipinski definition) is 1. The first-order valence-electron chi connectivity index (χ1n) is 6.98. The van der Waals surface area contributed by atoms with Crippen molar-refractivity contribution in [1.29, 1.82) is 0 Å². The van der Waals surface area contributed by atoms with Gasteiger partial charge in [0.05, 0.1) is 0 Å². The molecule has 1 aliphatic heterocycles. The van der Waals surface area contributed by atoms with Crippen LogP contribution in [0.1, 0.15) is 25.8 Å². The topological polar surface area (TPSA) is 15.3 Å². The summed E-state index contributed by atoms with van der Waals surface area (Å²) in [6.07, 6.45) is 2.41. The van der Waals surface area contributed by atoms with Gasteiger partial charge in [-0.05, 0) is 55.6 Å². The van der Waals surface area contributed by atoms with E-state index in [-0.39, 0.29) is 0 Å². The average Bonchev–Trinajstić information content (AvgIpc) is 2.84. The first-order valence-corrected chi connectivity index (χ1v) is 7.78. The van der Waals surface area contributed by atoms with Crippen LogP contribution in [0.3, 0.4) is 0 Å². The number of benzene rings is 1. The third-order valence-corrected chi connectivity index (χ3v) is 4.23. The molecule has 1 fully saturated rings. The number of anilines is 1. The Morgan fingerprint density at radius 3 is 2.94 bits per heavy atom. The molecule has 0 saturated carbocycles. The monoisotopic (exact) mass is 310 g/mol. The van der Waals surface area contributed by atoms with Gasteiger partial charge in [-0.3, -0.25) is 0 Å². The summed E-state index contributed by atoms with van der Waals surface area (Å²) in [5.74, 6) is 0.804. The van der Waals surface area contributed by atoms with Crippen LogP contribution in [0.5, 0.6) is 0 Å². The van der Waals surface area contributed by atoms with Crippen LogP contribution >= 0.6 is 15.9 Å². The molecule has 0 bridgehead atoms. The van der Waals surface area contributed by atoms with E-state index >= 15 is 0 Å². The van der Waals surface area contributed by atoms with Crippen LogP contribution in [0.25, 0.3) is 0 Å². The largest absolute Gasteiger partial charge is 0.371 e. The highest BCUT2D eigenvalue weighted by atomic mass is 79.9. The zero-order chi connectivity index (χ0) is 13.0. The van der Waals surface area contributed by atoms with Crippen molar-refractivity contribution in [2.45, 2.75) is 26.7 Å². The maximum Gasteiger partial charge on any atom is 0.0399 e. The van der Waals surface area contributed by atoms with Crippen molar-refractivity contribution in [3.8, 4) is 0 Å². The Hall–Kier alpha value is -0.540. The second-order valence-corrected chi connectivity index (χ2v) is 5.95. The SMILES string of the molecule is CCNCC1CCN(c2ccc(Br)cc2CC)C1. The van der Waals surface area contributed by atoms with Crippen LogP contribution in [0, 0.1) is 5.92 Å². The molecule has 100 valence electrons. The molecule has 1 heterocycles. The van der Waals surface area contributed by atoms with Crippen LogP contribution < -0.4 is 10.2 Å². The fourth-order valence-electron chi connectivity index (χ4n) is 2.71. The molecular weight excluding hydrogens is 288 g/mol. The van der Waals surface area contributed by atoms with Gasteiger partial charge < -0.3 is 10.2 Å². The average molecular weight is 311 g/mol. The highest BCUT2D eigenvalue weighted by Crippen LogP contribution is 2.29. The number of nitrogens with one attached hydrogen (secondary N) is 1. The molecule has 1 saturated heterocycles. The predicted octanol–water partition coefficient (Wildman–Crippen LogP) is 3.45. The normalized spacial score (nSPS) is 19.5. The highest BCUT2D eigenvalue weighted by molar-refractivity contribution is 9.10. The quantitative estimate of drug-likeness (QED) is 0.896. The molecule has 1 atom stereocenters. The van der Waals surface area contributed by atoms with E-state index in [0.717, 1.165) is 25.4 Å². The van der Waals surface area contributed by atoms with Gasteiger partial charge >= 0.3 is 0 Å². The van der Waals surface area contributed by atoms with Gasteiger partial charge in [-0.1, -0.05) is 29.8 Å². The molecule has 0 radical (unpaired) electrons. The molecular formula is C15H23BrN2. The second-order valence-electron chi connectivity index (χ2n) is 5.03. The summed E-state index contributed by atoms with van der Waals surface area (Å²) in [7, 11) is 0. The van der Waals surface area contributed by atoms with E-state index in [9.17, 15) is 0 Å². The van der Waals surface area contributed by atoms with Crippen molar-refractivity contribution in [3.05, 3.63) is 28.2 Å². The van der Waals surface area contributed by atoms with Gasteiger partial charge in [0.2, 0.25) is 0 Å². The Labute approximate surface area is 119 Å². The summed E-state index contributed by atoms with van der Waals surface area (Å²) >= 11 is 3.56. The van der Waals surface area contributed by atoms with Gasteiger partial charge in [0.1, 0.15) is 0 Å². The third-order valence-electron chi connectivity index (χ3n) is 3.73. The molecule has 0 aromatic heterocycles. The van der Waals surface area contributed by atoms with Crippen molar-refractivity contribution < 1.29 is 0 Å². The van der Waals surface area contributed by atoms with Crippen molar-refractivity contribution in [2.75, 3.05) is 31.1 Å². The van der Waals surface area contributed by atoms with Crippen LogP contribution in [0.4, 0.5) is 5.69 Å². The maximum absolute atomic E-state index is 3.56. The molecule has 1 unspecified atom stereocenters. The summed E-state index contributed by atoms with van der Waals surface area (Å²) in [6.45, 7) is 9.04. The molecule has 0 aliphatic carbocycles. The summed E-state index contributed by atoms with van der Waals surface area (Å²) in [4.78, 5) is 2.55. The van der Waals surface area contributed by atoms with Crippen molar-refractivity contribution in [2.24, 2.45) is 5.92 Å². The first-order chi connectivity index (χ1) is 8.74. The van der Waals surface area contributed by atoms with Gasteiger partial charge in [0.25, 0.3) is 0 Å². The van der Waals surface area contributed by atoms with E-state index in [1.165, 1.54) is 35.2 Å². The molecule has 1 N–H and O–H groups in total. The predicted molar refractivity (Wildman–Crippen MR) is 82.4 cm³/mol. The van der Waals surface area contributed by atoms with Gasteiger partial charge in [-0.15, -0.1) is 0 Å². The van der Waals surface area contributed by atoms with Crippen molar-refractivity contribution in [1.82, 2.24) is 5.32 Å². The number of halogens is 1. The standard InChI is InChI=1S/C15H23BrN2/c1-3-13-9-14(16)5-6-15(13)18-8-7-12(11-18)10-17-4-2/h5-6,9,12,17H,3-4,7-8,10-11H2,1-2H3. The lowest BCUT2D eigenvalue weighted by Crippen LogP contribution is -2.26. The Bertz CT molecular complexity index is 392. The Kier molecular flexibility index (Phi) is 5.07. The molecule has 1 aromatic rings. The lowest BCUT2D eigenvalue weighted by Gasteiger charge is -2.22. The first kappa shape index (κ1) is 13.9. The Balaban J connectivity index is 2.04. The Morgan fingerprint density at radius 2 is 2.22 bits per heavy atom. The smallest absolute Gasteiger partial charge is 0.0399 e. The van der Waals surface area contributed by atoms with E-state index in [4.69, 9.17) is 0 Å². The summed E-state index contributed by atoms with van der Waals surface area (Å²) in [6, 6.07) is 6.68. The molecule has 1 aromatic carbocycles. The van der Waals surface area contributed by atoms with Crippen LogP contribution in [-0.2, 0) is 6.42 Å². The molecule has 2 nitrogen and oxygen atoms in total. The zero-order valence-electron chi connectivity index (χ0n) is 11.4. The van der Waals surface area contributed by atoms with Crippen LogP contribution in [0.15, 0.2) is 22.7 Å². The molecule has 18 heavy (non-hydrogen) atoms. The minimum Gasteiger partial charge on any atom is -0.371 e. The lowest BCUT2D eigenvalue weighted by atomic mass is 10.1. The van der Waals surface area contributed by atoms with Gasteiger partial charge in [0.15, 0.2) is 0 Å². The van der Waals surface area contributed by atoms with E-state index in [2.05, 4.69) is 58.2 Å². The molecule has 2 rings (SSSR count). The highest BCUT2D eigenvalue weighted by Gasteiger charge is 2.23. The van der Waals surface area contributed by atoms with E-state index in [1.807, 2.05) is 0 Å². The molecule has 3 heteroatoms. The maximum atomic E-state index is 3.56. The van der Waals surface area contributed by atoms with Crippen molar-refractivity contribution in [3.63, 3.8) is 0 Å². The zero-order valence-corrected chi connectivity index (χ0v) is 13.0. The third kappa shape index (κ3) is 3.27. The fourth-order valence-corrected chi connectivity index (χ4v) is 3.12. The van der Waals surface area contributed by atoms with E-state index in [0.29, 0.717) is 0 Å². The van der Waals surface area contributed by atoms with Crippen LogP contribution in [0.2, 0.25) is 0 Å². The van der Waals surface area contributed by atoms with Gasteiger partial charge in [-0.2, -0.15) is 0 Å². The minimum atomic E-state index is 0.804. The fraction of sp³-hybridized carbons (Fsp3) is 0.600. The number of hydrogen-bond acceptors (Lipinski definition) is 2. The number of nitrogens with zero attached hydrogens (tertiary/aromatic N) is 1. The Morgan fingerprint density at radius 1 is 1.39 bits per heavy atom. The van der Waals surface area contributed by atoms with Crippen LogP contribution in [-0.4, -0.2) is 26.2 Å². The lowest BCUT2D eigenvalue weighted by molar-refractivity contribution is 0.528. The van der Waals surface area contributed by atoms with Gasteiger partial charge in [0, 0.05) is 23.2 Å². The summed E-state index contributed by atoms with van der Waals surface area (Å²) < 4.78 is 1.19. The number of rotatable bonds is 5. The van der Waals surface area contributed by atoms with Crippen molar-refractivity contribution >= 4 is 21.6 Å². The number of aryl methyl sites for hydroxylation is 1.